The smallest absolute Gasteiger partial charge is 0.397 e. The molecule has 1 aromatic carbocycles. The van der Waals surface area contributed by atoms with Crippen LogP contribution >= 0.6 is 0 Å². The summed E-state index contributed by atoms with van der Waals surface area (Å²) in [7, 11) is 3.02. The molecule has 1 atom stereocenters. The fraction of sp³-hybridized carbons (Fsp3) is 0.579. The molecule has 0 radical (unpaired) electrons. The molecule has 0 unspecified atom stereocenters. The van der Waals surface area contributed by atoms with Crippen LogP contribution in [0.15, 0.2) is 18.2 Å². The van der Waals surface area contributed by atoms with Crippen LogP contribution in [-0.2, 0) is 9.59 Å². The number of amides is 2. The first-order valence-electron chi connectivity index (χ1n) is 9.07. The number of rotatable bonds is 7. The molecular formula is C19H25F3N2O4. The molecule has 0 bridgehead atoms. The highest BCUT2D eigenvalue weighted by molar-refractivity contribution is 5.91. The Morgan fingerprint density at radius 2 is 1.82 bits per heavy atom. The van der Waals surface area contributed by atoms with E-state index in [1.54, 1.807) is 18.2 Å². The number of carbonyl (C=O) groups is 2. The summed E-state index contributed by atoms with van der Waals surface area (Å²) >= 11 is 0. The Bertz CT molecular complexity index is 672. The van der Waals surface area contributed by atoms with Gasteiger partial charge in [-0.05, 0) is 25.2 Å². The summed E-state index contributed by atoms with van der Waals surface area (Å²) in [6, 6.07) is 5.02. The van der Waals surface area contributed by atoms with Crippen LogP contribution in [0.5, 0.6) is 11.5 Å². The number of likely N-dealkylation sites (tertiary alicyclic amines) is 1. The predicted octanol–water partition coefficient (Wildman–Crippen LogP) is 3.61. The highest BCUT2D eigenvalue weighted by Crippen LogP contribution is 2.27. The van der Waals surface area contributed by atoms with Crippen LogP contribution in [0.3, 0.4) is 0 Å². The van der Waals surface area contributed by atoms with Crippen molar-refractivity contribution in [2.45, 2.75) is 38.3 Å². The Hall–Kier alpha value is -2.45. The Kier molecular flexibility index (Phi) is 7.53. The standard InChI is InChI=1S/C19H25F3N2O4/c1-27-15-8-14(9-16(10-15)28-2)23-17(25)6-5-13-4-3-7-24(12-13)18(26)11-19(20,21)22/h8-10,13H,3-7,11-12H2,1-2H3,(H,23,25)/t13-/m1/s1. The minimum absolute atomic E-state index is 0.0107. The van der Waals surface area contributed by atoms with Crippen LogP contribution in [0.2, 0.25) is 0 Å². The van der Waals surface area contributed by atoms with E-state index < -0.39 is 18.5 Å². The summed E-state index contributed by atoms with van der Waals surface area (Å²) in [4.78, 5) is 25.3. The number of hydrogen-bond donors (Lipinski definition) is 1. The second kappa shape index (κ2) is 9.66. The Labute approximate surface area is 162 Å². The van der Waals surface area contributed by atoms with Crippen molar-refractivity contribution in [1.82, 2.24) is 4.90 Å². The van der Waals surface area contributed by atoms with Gasteiger partial charge in [-0.25, -0.2) is 0 Å². The minimum Gasteiger partial charge on any atom is -0.497 e. The Morgan fingerprint density at radius 3 is 2.39 bits per heavy atom. The van der Waals surface area contributed by atoms with Crippen LogP contribution in [0.4, 0.5) is 18.9 Å². The number of nitrogens with zero attached hydrogens (tertiary/aromatic N) is 1. The second-order valence-electron chi connectivity index (χ2n) is 6.83. The van der Waals surface area contributed by atoms with Gasteiger partial charge in [0.05, 0.1) is 14.2 Å². The van der Waals surface area contributed by atoms with Crippen molar-refractivity contribution in [3.05, 3.63) is 18.2 Å². The summed E-state index contributed by atoms with van der Waals surface area (Å²) in [5.41, 5.74) is 0.534. The maximum absolute atomic E-state index is 12.4. The lowest BCUT2D eigenvalue weighted by atomic mass is 9.93. The molecule has 0 saturated carbocycles. The molecule has 2 amide bonds. The first kappa shape index (κ1) is 21.8. The molecule has 0 spiro atoms. The van der Waals surface area contributed by atoms with Gasteiger partial charge in [-0.2, -0.15) is 13.2 Å². The van der Waals surface area contributed by atoms with E-state index in [4.69, 9.17) is 9.47 Å². The first-order valence-corrected chi connectivity index (χ1v) is 9.07. The van der Waals surface area contributed by atoms with Crippen LogP contribution in [0.1, 0.15) is 32.1 Å². The molecule has 2 rings (SSSR count). The average molecular weight is 402 g/mol. The first-order chi connectivity index (χ1) is 13.2. The highest BCUT2D eigenvalue weighted by atomic mass is 19.4. The number of anilines is 1. The molecule has 28 heavy (non-hydrogen) atoms. The number of benzene rings is 1. The van der Waals surface area contributed by atoms with Crippen molar-refractivity contribution in [2.24, 2.45) is 5.92 Å². The largest absolute Gasteiger partial charge is 0.497 e. The molecule has 1 aliphatic rings. The van der Waals surface area contributed by atoms with Gasteiger partial charge in [0.1, 0.15) is 17.9 Å². The van der Waals surface area contributed by atoms with E-state index in [0.717, 1.165) is 6.42 Å². The SMILES string of the molecule is COc1cc(NC(=O)CC[C@H]2CCCN(C(=O)CC(F)(F)F)C2)cc(OC)c1. The Morgan fingerprint density at radius 1 is 1.18 bits per heavy atom. The molecule has 1 saturated heterocycles. The van der Waals surface area contributed by atoms with Gasteiger partial charge in [0.15, 0.2) is 0 Å². The van der Waals surface area contributed by atoms with E-state index in [9.17, 15) is 22.8 Å². The van der Waals surface area contributed by atoms with Crippen LogP contribution < -0.4 is 14.8 Å². The summed E-state index contributed by atoms with van der Waals surface area (Å²) in [6.45, 7) is 0.594. The minimum atomic E-state index is -4.50. The number of nitrogens with one attached hydrogen (secondary N) is 1. The zero-order chi connectivity index (χ0) is 20.7. The topological polar surface area (TPSA) is 67.9 Å². The third-order valence-corrected chi connectivity index (χ3v) is 4.64. The lowest BCUT2D eigenvalue weighted by Crippen LogP contribution is -2.41. The van der Waals surface area contributed by atoms with Crippen molar-refractivity contribution < 1.29 is 32.2 Å². The maximum Gasteiger partial charge on any atom is 0.397 e. The van der Waals surface area contributed by atoms with E-state index in [1.807, 2.05) is 0 Å². The van der Waals surface area contributed by atoms with Gasteiger partial charge in [-0.15, -0.1) is 0 Å². The second-order valence-corrected chi connectivity index (χ2v) is 6.83. The normalized spacial score (nSPS) is 17.2. The molecule has 1 N–H and O–H groups in total. The van der Waals surface area contributed by atoms with E-state index in [2.05, 4.69) is 5.32 Å². The Balaban J connectivity index is 1.84. The van der Waals surface area contributed by atoms with Crippen molar-refractivity contribution in [1.29, 1.82) is 0 Å². The van der Waals surface area contributed by atoms with Crippen LogP contribution in [0, 0.1) is 5.92 Å². The predicted molar refractivity (Wildman–Crippen MR) is 97.4 cm³/mol. The van der Waals surface area contributed by atoms with Crippen molar-refractivity contribution >= 4 is 17.5 Å². The number of hydrogen-bond acceptors (Lipinski definition) is 4. The fourth-order valence-electron chi connectivity index (χ4n) is 3.25. The summed E-state index contributed by atoms with van der Waals surface area (Å²) in [5.74, 6) is -0.0165. The molecule has 1 fully saturated rings. The quantitative estimate of drug-likeness (QED) is 0.757. The average Bonchev–Trinajstić information content (AvgIpc) is 2.65. The molecule has 9 heteroatoms. The number of ether oxygens (including phenoxy) is 2. The zero-order valence-corrected chi connectivity index (χ0v) is 16.0. The monoisotopic (exact) mass is 402 g/mol. The van der Waals surface area contributed by atoms with E-state index in [0.29, 0.717) is 36.6 Å². The van der Waals surface area contributed by atoms with Crippen molar-refractivity contribution in [3.63, 3.8) is 0 Å². The molecule has 0 aliphatic carbocycles. The van der Waals surface area contributed by atoms with Gasteiger partial charge in [-0.3, -0.25) is 9.59 Å². The van der Waals surface area contributed by atoms with Gasteiger partial charge in [-0.1, -0.05) is 0 Å². The van der Waals surface area contributed by atoms with Gasteiger partial charge in [0.25, 0.3) is 0 Å². The molecule has 1 heterocycles. The lowest BCUT2D eigenvalue weighted by Gasteiger charge is -2.33. The van der Waals surface area contributed by atoms with E-state index in [-0.39, 0.29) is 24.8 Å². The molecule has 156 valence electrons. The molecule has 1 aromatic rings. The zero-order valence-electron chi connectivity index (χ0n) is 16.0. The van der Waals surface area contributed by atoms with Gasteiger partial charge >= 0.3 is 6.18 Å². The fourth-order valence-corrected chi connectivity index (χ4v) is 3.25. The van der Waals surface area contributed by atoms with Crippen molar-refractivity contribution in [3.8, 4) is 11.5 Å². The van der Waals surface area contributed by atoms with Gasteiger partial charge < -0.3 is 19.7 Å². The maximum atomic E-state index is 12.4. The van der Waals surface area contributed by atoms with Crippen LogP contribution in [0.25, 0.3) is 0 Å². The number of carbonyl (C=O) groups excluding carboxylic acids is 2. The van der Waals surface area contributed by atoms with Gasteiger partial charge in [0.2, 0.25) is 11.8 Å². The number of methoxy groups -OCH3 is 2. The van der Waals surface area contributed by atoms with Crippen LogP contribution in [-0.4, -0.2) is 50.2 Å². The molecule has 6 nitrogen and oxygen atoms in total. The lowest BCUT2D eigenvalue weighted by molar-refractivity contribution is -0.162. The third kappa shape index (κ3) is 6.94. The van der Waals surface area contributed by atoms with E-state index >= 15 is 0 Å². The number of halogens is 3. The van der Waals surface area contributed by atoms with Crippen molar-refractivity contribution in [2.75, 3.05) is 32.6 Å². The summed E-state index contributed by atoms with van der Waals surface area (Å²) in [5, 5.41) is 2.77. The van der Waals surface area contributed by atoms with E-state index in [1.165, 1.54) is 19.1 Å². The van der Waals surface area contributed by atoms with Gasteiger partial charge in [0, 0.05) is 43.4 Å². The highest BCUT2D eigenvalue weighted by Gasteiger charge is 2.35. The third-order valence-electron chi connectivity index (χ3n) is 4.64. The molecule has 0 aromatic heterocycles. The summed E-state index contributed by atoms with van der Waals surface area (Å²) < 4.78 is 47.5. The summed E-state index contributed by atoms with van der Waals surface area (Å²) in [6.07, 6.45) is -3.78. The number of piperidine rings is 1. The molecule has 1 aliphatic heterocycles. The number of alkyl halides is 3. The molecular weight excluding hydrogens is 377 g/mol.